The van der Waals surface area contributed by atoms with E-state index in [2.05, 4.69) is 15.9 Å². The summed E-state index contributed by atoms with van der Waals surface area (Å²) in [6.07, 6.45) is 0. The van der Waals surface area contributed by atoms with E-state index in [1.54, 1.807) is 18.2 Å². The Morgan fingerprint density at radius 3 is 2.44 bits per heavy atom. The van der Waals surface area contributed by atoms with Gasteiger partial charge < -0.3 is 0 Å². The van der Waals surface area contributed by atoms with Gasteiger partial charge in [-0.05, 0) is 30.7 Å². The van der Waals surface area contributed by atoms with Crippen LogP contribution in [0.15, 0.2) is 36.4 Å². The van der Waals surface area contributed by atoms with E-state index in [9.17, 15) is 4.39 Å². The maximum Gasteiger partial charge on any atom is 0.127 e. The van der Waals surface area contributed by atoms with Crippen molar-refractivity contribution < 1.29 is 4.39 Å². The first-order valence-electron chi connectivity index (χ1n) is 5.34. The number of alkyl halides is 1. The van der Waals surface area contributed by atoms with Gasteiger partial charge in [0, 0.05) is 5.56 Å². The number of hydrogen-bond acceptors (Lipinski definition) is 0. The van der Waals surface area contributed by atoms with E-state index in [1.807, 2.05) is 19.1 Å². The molecule has 0 fully saturated rings. The lowest BCUT2D eigenvalue weighted by molar-refractivity contribution is 0.613. The SMILES string of the molecule is Cc1ccc(F)c(C(Br)c2ccc(Cl)c(Cl)c2)c1. The molecule has 0 aliphatic rings. The Bertz CT molecular complexity index is 584. The lowest BCUT2D eigenvalue weighted by Crippen LogP contribution is -1.97. The monoisotopic (exact) mass is 346 g/mol. The van der Waals surface area contributed by atoms with E-state index < -0.39 is 0 Å². The minimum Gasteiger partial charge on any atom is -0.207 e. The molecule has 0 aliphatic carbocycles. The zero-order valence-electron chi connectivity index (χ0n) is 9.55. The average Bonchev–Trinajstić information content (AvgIpc) is 2.35. The highest BCUT2D eigenvalue weighted by molar-refractivity contribution is 9.09. The van der Waals surface area contributed by atoms with Crippen LogP contribution in [0.4, 0.5) is 4.39 Å². The van der Waals surface area contributed by atoms with Crippen molar-refractivity contribution in [1.82, 2.24) is 0 Å². The maximum absolute atomic E-state index is 13.8. The number of halogens is 4. The predicted molar refractivity (Wildman–Crippen MR) is 78.4 cm³/mol. The molecule has 1 atom stereocenters. The van der Waals surface area contributed by atoms with Crippen LogP contribution in [-0.4, -0.2) is 0 Å². The predicted octanol–water partition coefficient (Wildman–Crippen LogP) is 5.93. The van der Waals surface area contributed by atoms with Crippen molar-refractivity contribution in [1.29, 1.82) is 0 Å². The van der Waals surface area contributed by atoms with Gasteiger partial charge in [-0.15, -0.1) is 0 Å². The third-order valence-corrected chi connectivity index (χ3v) is 4.42. The lowest BCUT2D eigenvalue weighted by atomic mass is 10.0. The van der Waals surface area contributed by atoms with Gasteiger partial charge in [-0.2, -0.15) is 0 Å². The first-order valence-corrected chi connectivity index (χ1v) is 7.01. The Labute approximate surface area is 124 Å². The Morgan fingerprint density at radius 2 is 1.78 bits per heavy atom. The fourth-order valence-corrected chi connectivity index (χ4v) is 2.65. The Balaban J connectivity index is 2.44. The second kappa shape index (κ2) is 5.60. The Hall–Kier alpha value is -0.570. The molecular weight excluding hydrogens is 338 g/mol. The molecule has 0 nitrogen and oxygen atoms in total. The third kappa shape index (κ3) is 2.87. The van der Waals surface area contributed by atoms with Crippen molar-refractivity contribution in [2.45, 2.75) is 11.8 Å². The molecule has 0 N–H and O–H groups in total. The van der Waals surface area contributed by atoms with Gasteiger partial charge in [0.1, 0.15) is 5.82 Å². The van der Waals surface area contributed by atoms with Crippen LogP contribution in [0.3, 0.4) is 0 Å². The Kier molecular flexibility index (Phi) is 4.31. The summed E-state index contributed by atoms with van der Waals surface area (Å²) in [5.74, 6) is -0.242. The lowest BCUT2D eigenvalue weighted by Gasteiger charge is -2.13. The molecule has 0 radical (unpaired) electrons. The highest BCUT2D eigenvalue weighted by Crippen LogP contribution is 2.35. The van der Waals surface area contributed by atoms with Crippen LogP contribution in [-0.2, 0) is 0 Å². The first-order chi connectivity index (χ1) is 8.49. The highest BCUT2D eigenvalue weighted by atomic mass is 79.9. The maximum atomic E-state index is 13.8. The van der Waals surface area contributed by atoms with Gasteiger partial charge in [0.25, 0.3) is 0 Å². The van der Waals surface area contributed by atoms with Crippen LogP contribution >= 0.6 is 39.1 Å². The highest BCUT2D eigenvalue weighted by Gasteiger charge is 2.16. The quantitative estimate of drug-likeness (QED) is 0.591. The standard InChI is InChI=1S/C14H10BrCl2F/c1-8-2-5-13(18)10(6-8)14(15)9-3-4-11(16)12(17)7-9/h2-7,14H,1H3. The molecule has 94 valence electrons. The van der Waals surface area contributed by atoms with Crippen molar-refractivity contribution in [3.63, 3.8) is 0 Å². The molecular formula is C14H10BrCl2F. The van der Waals surface area contributed by atoms with Crippen molar-refractivity contribution >= 4 is 39.1 Å². The second-order valence-electron chi connectivity index (χ2n) is 4.06. The summed E-state index contributed by atoms with van der Waals surface area (Å²) in [7, 11) is 0. The van der Waals surface area contributed by atoms with E-state index in [1.165, 1.54) is 6.07 Å². The van der Waals surface area contributed by atoms with Gasteiger partial charge in [-0.3, -0.25) is 0 Å². The van der Waals surface area contributed by atoms with E-state index in [4.69, 9.17) is 23.2 Å². The van der Waals surface area contributed by atoms with Gasteiger partial charge in [-0.25, -0.2) is 4.39 Å². The average molecular weight is 348 g/mol. The number of hydrogen-bond donors (Lipinski definition) is 0. The molecule has 2 aromatic rings. The van der Waals surface area contributed by atoms with E-state index in [0.29, 0.717) is 15.6 Å². The molecule has 4 heteroatoms. The van der Waals surface area contributed by atoms with Gasteiger partial charge in [-0.1, -0.05) is 62.9 Å². The minimum atomic E-state index is -0.243. The molecule has 0 bridgehead atoms. The first kappa shape index (κ1) is 13.9. The second-order valence-corrected chi connectivity index (χ2v) is 5.79. The van der Waals surface area contributed by atoms with E-state index in [-0.39, 0.29) is 10.6 Å². The number of aryl methyl sites for hydroxylation is 1. The molecule has 0 saturated carbocycles. The van der Waals surface area contributed by atoms with Crippen LogP contribution in [0.25, 0.3) is 0 Å². The van der Waals surface area contributed by atoms with Gasteiger partial charge in [0.05, 0.1) is 14.9 Å². The van der Waals surface area contributed by atoms with Crippen molar-refractivity contribution in [3.8, 4) is 0 Å². The fraction of sp³-hybridized carbons (Fsp3) is 0.143. The van der Waals surface area contributed by atoms with Crippen LogP contribution in [0.2, 0.25) is 10.0 Å². The summed E-state index contributed by atoms with van der Waals surface area (Å²) in [5.41, 5.74) is 2.47. The van der Waals surface area contributed by atoms with Crippen molar-refractivity contribution in [3.05, 3.63) is 69.0 Å². The van der Waals surface area contributed by atoms with Gasteiger partial charge in [0.15, 0.2) is 0 Å². The van der Waals surface area contributed by atoms with Crippen LogP contribution in [0.1, 0.15) is 21.5 Å². The summed E-state index contributed by atoms with van der Waals surface area (Å²) in [4.78, 5) is -0.243. The molecule has 0 aromatic heterocycles. The summed E-state index contributed by atoms with van der Waals surface area (Å²) in [6, 6.07) is 10.3. The third-order valence-electron chi connectivity index (χ3n) is 2.66. The van der Waals surface area contributed by atoms with Crippen LogP contribution in [0, 0.1) is 12.7 Å². The topological polar surface area (TPSA) is 0 Å². The molecule has 0 aliphatic heterocycles. The minimum absolute atomic E-state index is 0.242. The molecule has 18 heavy (non-hydrogen) atoms. The molecule has 2 aromatic carbocycles. The Morgan fingerprint density at radius 1 is 1.06 bits per heavy atom. The molecule has 2 rings (SSSR count). The van der Waals surface area contributed by atoms with Crippen molar-refractivity contribution in [2.75, 3.05) is 0 Å². The van der Waals surface area contributed by atoms with E-state index >= 15 is 0 Å². The summed E-state index contributed by atoms with van der Waals surface area (Å²) < 4.78 is 13.8. The molecule has 1 unspecified atom stereocenters. The summed E-state index contributed by atoms with van der Waals surface area (Å²) in [5, 5.41) is 0.955. The molecule has 0 saturated heterocycles. The van der Waals surface area contributed by atoms with E-state index in [0.717, 1.165) is 11.1 Å². The number of benzene rings is 2. The van der Waals surface area contributed by atoms with Crippen molar-refractivity contribution in [2.24, 2.45) is 0 Å². The fourth-order valence-electron chi connectivity index (χ4n) is 1.71. The van der Waals surface area contributed by atoms with Gasteiger partial charge in [0.2, 0.25) is 0 Å². The molecule has 0 amide bonds. The summed E-state index contributed by atoms with van der Waals surface area (Å²) >= 11 is 15.3. The number of rotatable bonds is 2. The van der Waals surface area contributed by atoms with Crippen LogP contribution < -0.4 is 0 Å². The van der Waals surface area contributed by atoms with Crippen LogP contribution in [0.5, 0.6) is 0 Å². The zero-order chi connectivity index (χ0) is 13.3. The largest absolute Gasteiger partial charge is 0.207 e. The molecule has 0 spiro atoms. The molecule has 0 heterocycles. The zero-order valence-corrected chi connectivity index (χ0v) is 12.7. The van der Waals surface area contributed by atoms with Gasteiger partial charge >= 0.3 is 0 Å². The smallest absolute Gasteiger partial charge is 0.127 e. The normalized spacial score (nSPS) is 12.5. The summed E-state index contributed by atoms with van der Waals surface area (Å²) in [6.45, 7) is 1.93.